The largest absolute Gasteiger partial charge is 0.333 e. The molecule has 132 valence electrons. The number of benzene rings is 1. The van der Waals surface area contributed by atoms with Crippen LogP contribution in [0.5, 0.6) is 0 Å². The third kappa shape index (κ3) is 3.89. The first kappa shape index (κ1) is 18.3. The van der Waals surface area contributed by atoms with Crippen LogP contribution in [0.15, 0.2) is 18.2 Å². The van der Waals surface area contributed by atoms with Crippen LogP contribution in [0.25, 0.3) is 0 Å². The molecule has 0 radical (unpaired) electrons. The molecule has 1 saturated heterocycles. The van der Waals surface area contributed by atoms with Gasteiger partial charge >= 0.3 is 6.03 Å². The Hall–Kier alpha value is -2.04. The van der Waals surface area contributed by atoms with E-state index >= 15 is 0 Å². The molecule has 1 aromatic carbocycles. The summed E-state index contributed by atoms with van der Waals surface area (Å²) in [5.74, 6) is 0.0594. The van der Waals surface area contributed by atoms with Gasteiger partial charge in [0.25, 0.3) is 0 Å². The fourth-order valence-electron chi connectivity index (χ4n) is 3.26. The molecule has 0 spiro atoms. The van der Waals surface area contributed by atoms with Gasteiger partial charge < -0.3 is 15.1 Å². The highest BCUT2D eigenvalue weighted by Gasteiger charge is 2.33. The van der Waals surface area contributed by atoms with Crippen LogP contribution in [-0.2, 0) is 4.79 Å². The number of amides is 3. The van der Waals surface area contributed by atoms with Crippen molar-refractivity contribution in [3.63, 3.8) is 0 Å². The van der Waals surface area contributed by atoms with Crippen molar-refractivity contribution in [2.24, 2.45) is 0 Å². The molecule has 1 unspecified atom stereocenters. The summed E-state index contributed by atoms with van der Waals surface area (Å²) in [5.41, 5.74) is 3.28. The van der Waals surface area contributed by atoms with Gasteiger partial charge in [-0.25, -0.2) is 4.79 Å². The van der Waals surface area contributed by atoms with Crippen LogP contribution in [0, 0.1) is 13.8 Å². The van der Waals surface area contributed by atoms with Crippen LogP contribution < -0.4 is 10.2 Å². The molecule has 0 aliphatic carbocycles. The van der Waals surface area contributed by atoms with Crippen LogP contribution in [0.3, 0.4) is 0 Å². The molecule has 5 heteroatoms. The van der Waals surface area contributed by atoms with Crippen LogP contribution >= 0.6 is 0 Å². The Morgan fingerprint density at radius 1 is 1.17 bits per heavy atom. The maximum atomic E-state index is 12.5. The van der Waals surface area contributed by atoms with E-state index in [2.05, 4.69) is 12.2 Å². The molecule has 1 aromatic rings. The summed E-state index contributed by atoms with van der Waals surface area (Å²) < 4.78 is 0. The van der Waals surface area contributed by atoms with E-state index in [1.807, 2.05) is 57.7 Å². The van der Waals surface area contributed by atoms with E-state index in [0.29, 0.717) is 13.0 Å². The number of hydrogen-bond donors (Lipinski definition) is 1. The molecular weight excluding hydrogens is 302 g/mol. The van der Waals surface area contributed by atoms with Crippen molar-refractivity contribution in [3.05, 3.63) is 29.3 Å². The highest BCUT2D eigenvalue weighted by molar-refractivity contribution is 5.97. The molecule has 2 rings (SSSR count). The second-order valence-corrected chi connectivity index (χ2v) is 7.22. The summed E-state index contributed by atoms with van der Waals surface area (Å²) in [7, 11) is 0. The molecule has 1 atom stereocenters. The summed E-state index contributed by atoms with van der Waals surface area (Å²) in [6, 6.07) is 6.04. The summed E-state index contributed by atoms with van der Waals surface area (Å²) in [6.45, 7) is 12.6. The molecule has 0 bridgehead atoms. The Kier molecular flexibility index (Phi) is 5.52. The van der Waals surface area contributed by atoms with E-state index in [0.717, 1.165) is 5.69 Å². The number of aryl methyl sites for hydroxylation is 2. The number of nitrogens with zero attached hydrogens (tertiary/aromatic N) is 2. The molecule has 0 aromatic heterocycles. The minimum Gasteiger partial charge on any atom is -0.333 e. The first-order valence-corrected chi connectivity index (χ1v) is 8.67. The van der Waals surface area contributed by atoms with Crippen molar-refractivity contribution < 1.29 is 9.59 Å². The number of urea groups is 1. The van der Waals surface area contributed by atoms with Gasteiger partial charge in [-0.05, 0) is 64.8 Å². The fourth-order valence-corrected chi connectivity index (χ4v) is 3.26. The van der Waals surface area contributed by atoms with Gasteiger partial charge in [0.15, 0.2) is 0 Å². The Balaban J connectivity index is 2.06. The summed E-state index contributed by atoms with van der Waals surface area (Å²) in [4.78, 5) is 28.5. The molecule has 1 N–H and O–H groups in total. The summed E-state index contributed by atoms with van der Waals surface area (Å²) in [6.07, 6.45) is 0.350. The Labute approximate surface area is 145 Å². The average molecular weight is 331 g/mol. The third-order valence-corrected chi connectivity index (χ3v) is 4.60. The van der Waals surface area contributed by atoms with E-state index in [9.17, 15) is 9.59 Å². The van der Waals surface area contributed by atoms with Crippen LogP contribution in [0.1, 0.15) is 45.2 Å². The van der Waals surface area contributed by atoms with Gasteiger partial charge in [0.2, 0.25) is 5.91 Å². The predicted octanol–water partition coefficient (Wildman–Crippen LogP) is 3.24. The van der Waals surface area contributed by atoms with Crippen LogP contribution in [-0.4, -0.2) is 41.5 Å². The molecule has 1 aliphatic heterocycles. The average Bonchev–Trinajstić information content (AvgIpc) is 2.81. The standard InChI is InChI=1S/C19H29N3O2/c1-12(2)22(13(3)4)19(24)20-16-10-18(23)21(11-16)17-8-7-14(5)15(6)9-17/h7-9,12-13,16H,10-11H2,1-6H3,(H,20,24). The predicted molar refractivity (Wildman–Crippen MR) is 97.3 cm³/mol. The first-order chi connectivity index (χ1) is 11.2. The minimum absolute atomic E-state index is 0.0594. The number of carbonyl (C=O) groups is 2. The number of nitrogens with one attached hydrogen (secondary N) is 1. The molecule has 1 aliphatic rings. The Bertz CT molecular complexity index is 617. The maximum Gasteiger partial charge on any atom is 0.318 e. The lowest BCUT2D eigenvalue weighted by molar-refractivity contribution is -0.117. The molecule has 3 amide bonds. The monoisotopic (exact) mass is 331 g/mol. The highest BCUT2D eigenvalue weighted by Crippen LogP contribution is 2.24. The first-order valence-electron chi connectivity index (χ1n) is 8.67. The quantitative estimate of drug-likeness (QED) is 0.921. The van der Waals surface area contributed by atoms with E-state index in [1.54, 1.807) is 4.90 Å². The van der Waals surface area contributed by atoms with E-state index < -0.39 is 0 Å². The van der Waals surface area contributed by atoms with Gasteiger partial charge in [-0.2, -0.15) is 0 Å². The van der Waals surface area contributed by atoms with Gasteiger partial charge in [-0.15, -0.1) is 0 Å². The maximum absolute atomic E-state index is 12.5. The molecule has 1 heterocycles. The van der Waals surface area contributed by atoms with Crippen molar-refractivity contribution in [1.29, 1.82) is 0 Å². The zero-order valence-corrected chi connectivity index (χ0v) is 15.6. The second-order valence-electron chi connectivity index (χ2n) is 7.22. The summed E-state index contributed by atoms with van der Waals surface area (Å²) in [5, 5.41) is 3.02. The lowest BCUT2D eigenvalue weighted by atomic mass is 10.1. The van der Waals surface area contributed by atoms with Gasteiger partial charge in [0.05, 0.1) is 6.04 Å². The molecule has 24 heavy (non-hydrogen) atoms. The Morgan fingerprint density at radius 3 is 2.33 bits per heavy atom. The number of carbonyl (C=O) groups excluding carboxylic acids is 2. The number of anilines is 1. The Morgan fingerprint density at radius 2 is 1.79 bits per heavy atom. The number of rotatable bonds is 4. The summed E-state index contributed by atoms with van der Waals surface area (Å²) >= 11 is 0. The van der Waals surface area contributed by atoms with E-state index in [1.165, 1.54) is 11.1 Å². The van der Waals surface area contributed by atoms with Gasteiger partial charge in [-0.3, -0.25) is 4.79 Å². The lowest BCUT2D eigenvalue weighted by Gasteiger charge is -2.32. The van der Waals surface area contributed by atoms with Crippen LogP contribution in [0.4, 0.5) is 10.5 Å². The smallest absolute Gasteiger partial charge is 0.318 e. The van der Waals surface area contributed by atoms with Gasteiger partial charge in [-0.1, -0.05) is 6.07 Å². The van der Waals surface area contributed by atoms with E-state index in [-0.39, 0.29) is 30.1 Å². The van der Waals surface area contributed by atoms with Crippen molar-refractivity contribution in [2.75, 3.05) is 11.4 Å². The topological polar surface area (TPSA) is 52.7 Å². The van der Waals surface area contributed by atoms with Gasteiger partial charge in [0.1, 0.15) is 0 Å². The van der Waals surface area contributed by atoms with Crippen molar-refractivity contribution >= 4 is 17.6 Å². The number of hydrogen-bond acceptors (Lipinski definition) is 2. The van der Waals surface area contributed by atoms with E-state index in [4.69, 9.17) is 0 Å². The van der Waals surface area contributed by atoms with Gasteiger partial charge in [0, 0.05) is 30.7 Å². The van der Waals surface area contributed by atoms with Crippen molar-refractivity contribution in [1.82, 2.24) is 10.2 Å². The van der Waals surface area contributed by atoms with Crippen molar-refractivity contribution in [2.45, 2.75) is 66.1 Å². The normalized spacial score (nSPS) is 17.8. The third-order valence-electron chi connectivity index (χ3n) is 4.60. The molecule has 5 nitrogen and oxygen atoms in total. The molecular formula is C19H29N3O2. The lowest BCUT2D eigenvalue weighted by Crippen LogP contribution is -2.51. The van der Waals surface area contributed by atoms with Crippen LogP contribution in [0.2, 0.25) is 0 Å². The van der Waals surface area contributed by atoms with Crippen molar-refractivity contribution in [3.8, 4) is 0 Å². The zero-order chi connectivity index (χ0) is 18.0. The molecule has 1 fully saturated rings. The fraction of sp³-hybridized carbons (Fsp3) is 0.579. The zero-order valence-electron chi connectivity index (χ0n) is 15.6. The molecule has 0 saturated carbocycles. The minimum atomic E-state index is -0.147. The highest BCUT2D eigenvalue weighted by atomic mass is 16.2. The SMILES string of the molecule is Cc1ccc(N2CC(NC(=O)N(C(C)C)C(C)C)CC2=O)cc1C. The second kappa shape index (κ2) is 7.24.